The fourth-order valence-electron chi connectivity index (χ4n) is 4.80. The van der Waals surface area contributed by atoms with Crippen molar-refractivity contribution in [2.45, 2.75) is 63.7 Å². The molecule has 2 heterocycles. The molecule has 0 atom stereocenters. The van der Waals surface area contributed by atoms with E-state index >= 15 is 0 Å². The number of nitrogens with zero attached hydrogens (tertiary/aromatic N) is 2. The molecule has 0 unspecified atom stereocenters. The van der Waals surface area contributed by atoms with Crippen molar-refractivity contribution in [2.24, 2.45) is 0 Å². The predicted octanol–water partition coefficient (Wildman–Crippen LogP) is 7.15. The number of nitrogen functional groups attached to an aromatic ring is 1. The first-order valence-corrected chi connectivity index (χ1v) is 14.2. The molecule has 1 aliphatic heterocycles. The van der Waals surface area contributed by atoms with Crippen molar-refractivity contribution in [1.29, 1.82) is 0 Å². The maximum absolute atomic E-state index is 13.4. The zero-order chi connectivity index (χ0) is 24.6. The lowest BCUT2D eigenvalue weighted by Gasteiger charge is -2.26. The first-order valence-electron chi connectivity index (χ1n) is 13.2. The van der Waals surface area contributed by atoms with Crippen LogP contribution >= 0.6 is 11.8 Å². The molecular formula is C30H39N3OS. The zero-order valence-electron chi connectivity index (χ0n) is 21.3. The number of carbonyl (C=O) groups is 1. The van der Waals surface area contributed by atoms with E-state index in [1.165, 1.54) is 50.6 Å². The largest absolute Gasteiger partial charge is 0.339 e. The molecule has 2 N–H and O–H groups in total. The topological polar surface area (TPSA) is 51.3 Å². The lowest BCUT2D eigenvalue weighted by molar-refractivity contribution is 0.103. The Bertz CT molecular complexity index is 1180. The second kappa shape index (κ2) is 12.5. The molecule has 4 nitrogen and oxygen atoms in total. The second-order valence-electron chi connectivity index (χ2n) is 9.58. The fraction of sp³-hybridized carbons (Fsp3) is 0.433. The lowest BCUT2D eigenvalue weighted by atomic mass is 9.96. The van der Waals surface area contributed by atoms with E-state index in [9.17, 15) is 4.79 Å². The smallest absolute Gasteiger partial charge is 0.193 e. The van der Waals surface area contributed by atoms with Crippen LogP contribution in [-0.4, -0.2) is 40.7 Å². The third-order valence-electron chi connectivity index (χ3n) is 6.93. The maximum atomic E-state index is 13.4. The molecule has 3 aromatic rings. The minimum Gasteiger partial charge on any atom is -0.339 e. The van der Waals surface area contributed by atoms with Crippen LogP contribution in [0.2, 0.25) is 0 Å². The van der Waals surface area contributed by atoms with Gasteiger partial charge in [0.05, 0.1) is 5.52 Å². The van der Waals surface area contributed by atoms with Gasteiger partial charge in [-0.15, -0.1) is 11.8 Å². The van der Waals surface area contributed by atoms with Crippen LogP contribution in [0.3, 0.4) is 0 Å². The summed E-state index contributed by atoms with van der Waals surface area (Å²) in [6.45, 7) is 7.70. The van der Waals surface area contributed by atoms with E-state index in [1.807, 2.05) is 54.4 Å². The third-order valence-corrected chi connectivity index (χ3v) is 8.01. The highest BCUT2D eigenvalue weighted by Crippen LogP contribution is 2.32. The number of thioether (sulfide) groups is 1. The van der Waals surface area contributed by atoms with Gasteiger partial charge in [0.2, 0.25) is 0 Å². The summed E-state index contributed by atoms with van der Waals surface area (Å²) in [7, 11) is 0. The van der Waals surface area contributed by atoms with Crippen LogP contribution in [0.15, 0.2) is 59.6 Å². The Morgan fingerprint density at radius 3 is 2.60 bits per heavy atom. The molecule has 0 radical (unpaired) electrons. The molecule has 0 fully saturated rings. The Morgan fingerprint density at radius 1 is 1.00 bits per heavy atom. The number of aromatic nitrogens is 1. The standard InChI is InChI=1S/C30H39N3OS/c1-3-5-7-8-16-32-17-14-23(15-18-32)28-22-33(31)29-13-12-25(21-27(28)29)30(34)24-10-9-11-26(20-24)35-19-6-4-2/h9-14,20-22H,3-8,15-19,31H2,1-2H3. The summed E-state index contributed by atoms with van der Waals surface area (Å²) in [6, 6.07) is 14.0. The normalized spacial score (nSPS) is 14.4. The number of hydrogen-bond donors (Lipinski definition) is 1. The molecule has 1 aromatic heterocycles. The molecule has 1 aliphatic rings. The lowest BCUT2D eigenvalue weighted by Crippen LogP contribution is -2.29. The minimum absolute atomic E-state index is 0.0661. The summed E-state index contributed by atoms with van der Waals surface area (Å²) in [6.07, 6.45) is 13.0. The first-order chi connectivity index (χ1) is 17.1. The summed E-state index contributed by atoms with van der Waals surface area (Å²) in [5.41, 5.74) is 4.92. The Balaban J connectivity index is 1.52. The van der Waals surface area contributed by atoms with Gasteiger partial charge in [0.25, 0.3) is 0 Å². The molecule has 2 aromatic carbocycles. The summed E-state index contributed by atoms with van der Waals surface area (Å²) in [4.78, 5) is 17.1. The van der Waals surface area contributed by atoms with Crippen molar-refractivity contribution >= 4 is 34.0 Å². The molecule has 0 spiro atoms. The fourth-order valence-corrected chi connectivity index (χ4v) is 5.86. The number of benzene rings is 2. The molecule has 0 bridgehead atoms. The average molecular weight is 490 g/mol. The molecular weight excluding hydrogens is 450 g/mol. The van der Waals surface area contributed by atoms with E-state index < -0.39 is 0 Å². The Morgan fingerprint density at radius 2 is 1.83 bits per heavy atom. The predicted molar refractivity (Wildman–Crippen MR) is 151 cm³/mol. The highest BCUT2D eigenvalue weighted by atomic mass is 32.2. The average Bonchev–Trinajstić information content (AvgIpc) is 3.22. The van der Waals surface area contributed by atoms with Crippen LogP contribution in [0.25, 0.3) is 16.5 Å². The van der Waals surface area contributed by atoms with Crippen molar-refractivity contribution in [3.63, 3.8) is 0 Å². The number of hydrogen-bond acceptors (Lipinski definition) is 4. The number of nitrogens with two attached hydrogens (primary N) is 1. The zero-order valence-corrected chi connectivity index (χ0v) is 22.1. The van der Waals surface area contributed by atoms with Crippen molar-refractivity contribution in [1.82, 2.24) is 9.58 Å². The summed E-state index contributed by atoms with van der Waals surface area (Å²) in [5, 5.41) is 1.06. The van der Waals surface area contributed by atoms with Gasteiger partial charge in [-0.3, -0.25) is 14.4 Å². The van der Waals surface area contributed by atoms with Crippen LogP contribution in [0.4, 0.5) is 0 Å². The molecule has 4 rings (SSSR count). The van der Waals surface area contributed by atoms with Crippen molar-refractivity contribution in [2.75, 3.05) is 31.2 Å². The van der Waals surface area contributed by atoms with Gasteiger partial charge in [-0.25, -0.2) is 0 Å². The van der Waals surface area contributed by atoms with E-state index in [0.29, 0.717) is 0 Å². The van der Waals surface area contributed by atoms with Gasteiger partial charge in [-0.05, 0) is 67.5 Å². The van der Waals surface area contributed by atoms with Gasteiger partial charge >= 0.3 is 0 Å². The Kier molecular flexibility index (Phi) is 9.11. The first kappa shape index (κ1) is 25.6. The highest BCUT2D eigenvalue weighted by molar-refractivity contribution is 7.99. The van der Waals surface area contributed by atoms with Gasteiger partial charge in [0.1, 0.15) is 0 Å². The van der Waals surface area contributed by atoms with Crippen molar-refractivity contribution < 1.29 is 4.79 Å². The van der Waals surface area contributed by atoms with Gasteiger partial charge in [0, 0.05) is 46.3 Å². The van der Waals surface area contributed by atoms with Crippen LogP contribution in [0.5, 0.6) is 0 Å². The number of rotatable bonds is 12. The van der Waals surface area contributed by atoms with E-state index in [0.717, 1.165) is 57.8 Å². The van der Waals surface area contributed by atoms with Gasteiger partial charge in [-0.1, -0.05) is 57.7 Å². The molecule has 0 amide bonds. The minimum atomic E-state index is 0.0661. The van der Waals surface area contributed by atoms with Gasteiger partial charge in [-0.2, -0.15) is 0 Å². The van der Waals surface area contributed by atoms with Crippen molar-refractivity contribution in [3.05, 3.63) is 71.4 Å². The van der Waals surface area contributed by atoms with Crippen LogP contribution in [0, 0.1) is 0 Å². The maximum Gasteiger partial charge on any atom is 0.193 e. The summed E-state index contributed by atoms with van der Waals surface area (Å²) in [5.74, 6) is 7.46. The van der Waals surface area contributed by atoms with Crippen LogP contribution < -0.4 is 5.84 Å². The van der Waals surface area contributed by atoms with Crippen LogP contribution in [-0.2, 0) is 0 Å². The molecule has 0 aliphatic carbocycles. The van der Waals surface area contributed by atoms with E-state index in [-0.39, 0.29) is 5.78 Å². The quantitative estimate of drug-likeness (QED) is 0.127. The van der Waals surface area contributed by atoms with E-state index in [1.54, 1.807) is 4.68 Å². The van der Waals surface area contributed by atoms with E-state index in [2.05, 4.69) is 30.9 Å². The Labute approximate surface area is 214 Å². The molecule has 35 heavy (non-hydrogen) atoms. The van der Waals surface area contributed by atoms with Gasteiger partial charge < -0.3 is 5.84 Å². The molecule has 186 valence electrons. The summed E-state index contributed by atoms with van der Waals surface area (Å²) < 4.78 is 1.70. The molecule has 0 saturated carbocycles. The monoisotopic (exact) mass is 489 g/mol. The number of fused-ring (bicyclic) bond motifs is 1. The number of unbranched alkanes of at least 4 members (excludes halogenated alkanes) is 4. The van der Waals surface area contributed by atoms with Crippen LogP contribution in [0.1, 0.15) is 80.3 Å². The molecule has 5 heteroatoms. The Hall–Kier alpha value is -2.50. The number of carbonyl (C=O) groups excluding carboxylic acids is 1. The third kappa shape index (κ3) is 6.39. The summed E-state index contributed by atoms with van der Waals surface area (Å²) >= 11 is 1.82. The highest BCUT2D eigenvalue weighted by Gasteiger charge is 2.18. The SMILES string of the molecule is CCCCCCN1CC=C(c2cn(N)c3ccc(C(=O)c4cccc(SCCCC)c4)cc23)CC1. The second-order valence-corrected chi connectivity index (χ2v) is 10.7. The number of ketones is 1. The van der Waals surface area contributed by atoms with Crippen molar-refractivity contribution in [3.8, 4) is 0 Å². The molecule has 0 saturated heterocycles. The van der Waals surface area contributed by atoms with Gasteiger partial charge in [0.15, 0.2) is 5.78 Å². The van der Waals surface area contributed by atoms with E-state index in [4.69, 9.17) is 5.84 Å².